The van der Waals surface area contributed by atoms with Crippen LogP contribution < -0.4 is 16.0 Å². The van der Waals surface area contributed by atoms with Gasteiger partial charge in [0.2, 0.25) is 0 Å². The number of nitrogens with one attached hydrogen (secondary N) is 1. The van der Waals surface area contributed by atoms with Crippen molar-refractivity contribution in [1.29, 1.82) is 0 Å². The molecule has 0 bridgehead atoms. The van der Waals surface area contributed by atoms with Crippen LogP contribution in [0.25, 0.3) is 0 Å². The van der Waals surface area contributed by atoms with E-state index >= 15 is 0 Å². The molecule has 0 atom stereocenters. The van der Waals surface area contributed by atoms with Gasteiger partial charge in [0.1, 0.15) is 24.7 Å². The van der Waals surface area contributed by atoms with Gasteiger partial charge in [-0.25, -0.2) is 5.84 Å². The van der Waals surface area contributed by atoms with Crippen LogP contribution in [0.5, 0.6) is 5.75 Å². The zero-order valence-electron chi connectivity index (χ0n) is 10.9. The molecule has 0 spiro atoms. The lowest BCUT2D eigenvalue weighted by Crippen LogP contribution is -2.29. The summed E-state index contributed by atoms with van der Waals surface area (Å²) in [6.45, 7) is 1.29. The number of hydrazine groups is 1. The molecule has 0 saturated carbocycles. The molecule has 2 rings (SSSR count). The molecule has 0 unspecified atom stereocenters. The number of rotatable bonds is 7. The lowest BCUT2D eigenvalue weighted by Gasteiger charge is -2.07. The molecule has 0 aliphatic heterocycles. The third kappa shape index (κ3) is 4.11. The smallest absolute Gasteiger partial charge is 0.265 e. The van der Waals surface area contributed by atoms with Crippen LogP contribution in [0.2, 0.25) is 0 Å². The minimum Gasteiger partial charge on any atom is -0.491 e. The minimum absolute atomic E-state index is 0.335. The van der Waals surface area contributed by atoms with Crippen LogP contribution in [0.1, 0.15) is 16.1 Å². The first-order valence-electron chi connectivity index (χ1n) is 6.13. The van der Waals surface area contributed by atoms with Gasteiger partial charge in [-0.2, -0.15) is 0 Å². The van der Waals surface area contributed by atoms with Crippen molar-refractivity contribution < 1.29 is 18.7 Å². The van der Waals surface area contributed by atoms with Gasteiger partial charge in [-0.15, -0.1) is 0 Å². The highest BCUT2D eigenvalue weighted by Crippen LogP contribution is 2.12. The number of ether oxygens (including phenoxy) is 2. The number of hydrogen-bond donors (Lipinski definition) is 2. The molecule has 0 aliphatic carbocycles. The molecule has 1 amide bonds. The summed E-state index contributed by atoms with van der Waals surface area (Å²) in [7, 11) is 0. The van der Waals surface area contributed by atoms with Gasteiger partial charge in [0.25, 0.3) is 5.91 Å². The molecule has 0 aliphatic rings. The van der Waals surface area contributed by atoms with Crippen molar-refractivity contribution >= 4 is 5.91 Å². The highest BCUT2D eigenvalue weighted by atomic mass is 16.5. The number of nitrogen functional groups attached to an aromatic ring is 1. The van der Waals surface area contributed by atoms with E-state index in [0.717, 1.165) is 5.76 Å². The second kappa shape index (κ2) is 7.32. The van der Waals surface area contributed by atoms with Gasteiger partial charge >= 0.3 is 0 Å². The Hall–Kier alpha value is -2.31. The van der Waals surface area contributed by atoms with Gasteiger partial charge in [-0.05, 0) is 36.4 Å². The molecule has 1 aromatic heterocycles. The standard InChI is InChI=1S/C14H16N2O4/c15-16-14(17)11-3-5-12(6-4-11)20-9-8-18-10-13-2-1-7-19-13/h1-7H,8-10,15H2,(H,16,17). The molecule has 2 aromatic rings. The number of carbonyl (C=O) groups is 1. The molecule has 1 aromatic carbocycles. The van der Waals surface area contributed by atoms with Crippen LogP contribution >= 0.6 is 0 Å². The molecule has 0 saturated heterocycles. The molecule has 1 heterocycles. The van der Waals surface area contributed by atoms with Crippen molar-refractivity contribution in [2.24, 2.45) is 5.84 Å². The summed E-state index contributed by atoms with van der Waals surface area (Å²) in [5, 5.41) is 0. The lowest BCUT2D eigenvalue weighted by molar-refractivity contribution is 0.0781. The number of furan rings is 1. The highest BCUT2D eigenvalue weighted by molar-refractivity contribution is 5.93. The van der Waals surface area contributed by atoms with Gasteiger partial charge in [0, 0.05) is 5.56 Å². The quantitative estimate of drug-likeness (QED) is 0.346. The van der Waals surface area contributed by atoms with E-state index in [1.54, 1.807) is 30.5 Å². The predicted octanol–water partition coefficient (Wildman–Crippen LogP) is 1.48. The number of amides is 1. The van der Waals surface area contributed by atoms with E-state index in [1.165, 1.54) is 0 Å². The van der Waals surface area contributed by atoms with E-state index in [9.17, 15) is 4.79 Å². The molecule has 3 N–H and O–H groups in total. The fraction of sp³-hybridized carbons (Fsp3) is 0.214. The van der Waals surface area contributed by atoms with Crippen molar-refractivity contribution in [2.75, 3.05) is 13.2 Å². The first kappa shape index (κ1) is 14.1. The normalized spacial score (nSPS) is 10.2. The van der Waals surface area contributed by atoms with E-state index in [-0.39, 0.29) is 5.91 Å². The molecule has 0 fully saturated rings. The first-order chi connectivity index (χ1) is 9.79. The van der Waals surface area contributed by atoms with Crippen LogP contribution in [-0.4, -0.2) is 19.1 Å². The van der Waals surface area contributed by atoms with E-state index in [2.05, 4.69) is 5.43 Å². The second-order valence-corrected chi connectivity index (χ2v) is 3.98. The number of carbonyl (C=O) groups excluding carboxylic acids is 1. The Bertz CT molecular complexity index is 523. The van der Waals surface area contributed by atoms with Crippen molar-refractivity contribution in [1.82, 2.24) is 5.43 Å². The average molecular weight is 276 g/mol. The fourth-order valence-electron chi connectivity index (χ4n) is 1.57. The third-order valence-electron chi connectivity index (χ3n) is 2.57. The van der Waals surface area contributed by atoms with Crippen molar-refractivity contribution in [3.63, 3.8) is 0 Å². The molecule has 6 nitrogen and oxygen atoms in total. The largest absolute Gasteiger partial charge is 0.491 e. The number of nitrogens with two attached hydrogens (primary N) is 1. The lowest BCUT2D eigenvalue weighted by atomic mass is 10.2. The summed E-state index contributed by atoms with van der Waals surface area (Å²) < 4.78 is 16.0. The molecule has 106 valence electrons. The van der Waals surface area contributed by atoms with Gasteiger partial charge in [0.15, 0.2) is 0 Å². The fourth-order valence-corrected chi connectivity index (χ4v) is 1.57. The summed E-state index contributed by atoms with van der Waals surface area (Å²) >= 11 is 0. The van der Waals surface area contributed by atoms with Gasteiger partial charge in [-0.3, -0.25) is 10.2 Å². The first-order valence-corrected chi connectivity index (χ1v) is 6.13. The third-order valence-corrected chi connectivity index (χ3v) is 2.57. The number of hydrogen-bond acceptors (Lipinski definition) is 5. The van der Waals surface area contributed by atoms with Crippen molar-refractivity contribution in [3.05, 3.63) is 54.0 Å². The van der Waals surface area contributed by atoms with Crippen LogP contribution in [0.3, 0.4) is 0 Å². The van der Waals surface area contributed by atoms with Crippen LogP contribution in [0.4, 0.5) is 0 Å². The second-order valence-electron chi connectivity index (χ2n) is 3.98. The summed E-state index contributed by atoms with van der Waals surface area (Å²) in [6, 6.07) is 10.4. The van der Waals surface area contributed by atoms with E-state index in [0.29, 0.717) is 31.1 Å². The molecule has 20 heavy (non-hydrogen) atoms. The topological polar surface area (TPSA) is 86.7 Å². The van der Waals surface area contributed by atoms with Gasteiger partial charge in [-0.1, -0.05) is 0 Å². The zero-order valence-corrected chi connectivity index (χ0v) is 10.9. The Morgan fingerprint density at radius 3 is 2.65 bits per heavy atom. The maximum Gasteiger partial charge on any atom is 0.265 e. The highest BCUT2D eigenvalue weighted by Gasteiger charge is 2.03. The average Bonchev–Trinajstić information content (AvgIpc) is 3.00. The van der Waals surface area contributed by atoms with E-state index < -0.39 is 0 Å². The van der Waals surface area contributed by atoms with Gasteiger partial charge in [0.05, 0.1) is 12.9 Å². The maximum atomic E-state index is 11.2. The van der Waals surface area contributed by atoms with E-state index in [4.69, 9.17) is 19.7 Å². The summed E-state index contributed by atoms with van der Waals surface area (Å²) in [6.07, 6.45) is 1.61. The van der Waals surface area contributed by atoms with Crippen LogP contribution in [0.15, 0.2) is 47.1 Å². The Morgan fingerprint density at radius 1 is 1.20 bits per heavy atom. The SMILES string of the molecule is NNC(=O)c1ccc(OCCOCc2ccco2)cc1. The van der Waals surface area contributed by atoms with Crippen molar-refractivity contribution in [3.8, 4) is 5.75 Å². The predicted molar refractivity (Wildman–Crippen MR) is 72.0 cm³/mol. The Morgan fingerprint density at radius 2 is 2.00 bits per heavy atom. The minimum atomic E-state index is -0.335. The molecular formula is C14H16N2O4. The Labute approximate surface area is 116 Å². The Kier molecular flexibility index (Phi) is 5.16. The molecule has 6 heteroatoms. The summed E-state index contributed by atoms with van der Waals surface area (Å²) in [4.78, 5) is 11.2. The zero-order chi connectivity index (χ0) is 14.2. The van der Waals surface area contributed by atoms with Gasteiger partial charge < -0.3 is 13.9 Å². The van der Waals surface area contributed by atoms with Crippen LogP contribution in [-0.2, 0) is 11.3 Å². The summed E-state index contributed by atoms with van der Waals surface area (Å²) in [5.74, 6) is 6.15. The van der Waals surface area contributed by atoms with E-state index in [1.807, 2.05) is 12.1 Å². The molecular weight excluding hydrogens is 260 g/mol. The van der Waals surface area contributed by atoms with Crippen LogP contribution in [0, 0.1) is 0 Å². The maximum absolute atomic E-state index is 11.2. The molecule has 0 radical (unpaired) electrons. The monoisotopic (exact) mass is 276 g/mol. The summed E-state index contributed by atoms with van der Waals surface area (Å²) in [5.41, 5.74) is 2.55. The number of benzene rings is 1. The Balaban J connectivity index is 1.67. The van der Waals surface area contributed by atoms with Crippen molar-refractivity contribution in [2.45, 2.75) is 6.61 Å².